The second kappa shape index (κ2) is 5.62. The summed E-state index contributed by atoms with van der Waals surface area (Å²) >= 11 is 6.07. The topological polar surface area (TPSA) is 12.0 Å². The smallest absolute Gasteiger partial charge is 0.125 e. The van der Waals surface area contributed by atoms with Gasteiger partial charge in [-0.2, -0.15) is 0 Å². The molecule has 0 aliphatic heterocycles. The SMILES string of the molecule is Cc1ccc(C)c(C(C)Nc2cc(F)ccc2Cl)c1. The lowest BCUT2D eigenvalue weighted by molar-refractivity contribution is 0.628. The first-order valence-electron chi connectivity index (χ1n) is 6.26. The van der Waals surface area contributed by atoms with E-state index >= 15 is 0 Å². The van der Waals surface area contributed by atoms with E-state index in [1.807, 2.05) is 6.92 Å². The van der Waals surface area contributed by atoms with Gasteiger partial charge in [0.25, 0.3) is 0 Å². The molecule has 1 atom stereocenters. The molecule has 0 spiro atoms. The summed E-state index contributed by atoms with van der Waals surface area (Å²) < 4.78 is 13.2. The molecule has 0 aliphatic carbocycles. The van der Waals surface area contributed by atoms with Crippen molar-refractivity contribution in [1.82, 2.24) is 0 Å². The van der Waals surface area contributed by atoms with Gasteiger partial charge in [-0.3, -0.25) is 0 Å². The van der Waals surface area contributed by atoms with Crippen LogP contribution in [0.2, 0.25) is 5.02 Å². The first-order chi connectivity index (χ1) is 8.97. The molecule has 3 heteroatoms. The zero-order chi connectivity index (χ0) is 14.0. The summed E-state index contributed by atoms with van der Waals surface area (Å²) in [7, 11) is 0. The third-order valence-electron chi connectivity index (χ3n) is 3.20. The summed E-state index contributed by atoms with van der Waals surface area (Å²) in [6.07, 6.45) is 0. The number of halogens is 2. The molecule has 1 unspecified atom stereocenters. The van der Waals surface area contributed by atoms with Crippen LogP contribution in [0.5, 0.6) is 0 Å². The Morgan fingerprint density at radius 2 is 1.84 bits per heavy atom. The molecule has 0 saturated heterocycles. The van der Waals surface area contributed by atoms with E-state index in [0.29, 0.717) is 10.7 Å². The number of nitrogens with one attached hydrogen (secondary N) is 1. The van der Waals surface area contributed by atoms with Gasteiger partial charge < -0.3 is 5.32 Å². The van der Waals surface area contributed by atoms with Gasteiger partial charge in [-0.1, -0.05) is 35.4 Å². The highest BCUT2D eigenvalue weighted by Crippen LogP contribution is 2.28. The molecule has 0 fully saturated rings. The molecule has 2 aromatic carbocycles. The lowest BCUT2D eigenvalue weighted by atomic mass is 10.00. The largest absolute Gasteiger partial charge is 0.377 e. The van der Waals surface area contributed by atoms with Gasteiger partial charge in [0, 0.05) is 6.04 Å². The fourth-order valence-electron chi connectivity index (χ4n) is 2.15. The zero-order valence-corrected chi connectivity index (χ0v) is 12.1. The lowest BCUT2D eigenvalue weighted by Crippen LogP contribution is -2.09. The fourth-order valence-corrected chi connectivity index (χ4v) is 2.32. The van der Waals surface area contributed by atoms with Crippen LogP contribution in [0, 0.1) is 19.7 Å². The van der Waals surface area contributed by atoms with Crippen molar-refractivity contribution >= 4 is 17.3 Å². The molecule has 0 heterocycles. The van der Waals surface area contributed by atoms with E-state index in [2.05, 4.69) is 37.4 Å². The van der Waals surface area contributed by atoms with Gasteiger partial charge in [0.05, 0.1) is 10.7 Å². The van der Waals surface area contributed by atoms with Gasteiger partial charge in [0.1, 0.15) is 5.82 Å². The summed E-state index contributed by atoms with van der Waals surface area (Å²) in [5.41, 5.74) is 4.23. The molecule has 0 aliphatic rings. The number of aryl methyl sites for hydroxylation is 2. The van der Waals surface area contributed by atoms with E-state index in [-0.39, 0.29) is 11.9 Å². The predicted octanol–water partition coefficient (Wildman–Crippen LogP) is 5.27. The van der Waals surface area contributed by atoms with Gasteiger partial charge in [-0.25, -0.2) is 4.39 Å². The zero-order valence-electron chi connectivity index (χ0n) is 11.3. The van der Waals surface area contributed by atoms with Crippen LogP contribution >= 0.6 is 11.6 Å². The fraction of sp³-hybridized carbons (Fsp3) is 0.250. The Morgan fingerprint density at radius 3 is 2.58 bits per heavy atom. The average molecular weight is 278 g/mol. The summed E-state index contributed by atoms with van der Waals surface area (Å²) in [6.45, 7) is 6.17. The molecule has 1 N–H and O–H groups in total. The van der Waals surface area contributed by atoms with E-state index in [0.717, 1.165) is 0 Å². The monoisotopic (exact) mass is 277 g/mol. The van der Waals surface area contributed by atoms with Crippen molar-refractivity contribution in [2.75, 3.05) is 5.32 Å². The van der Waals surface area contributed by atoms with E-state index in [9.17, 15) is 4.39 Å². The first kappa shape index (κ1) is 13.9. The Hall–Kier alpha value is -1.54. The molecule has 19 heavy (non-hydrogen) atoms. The molecule has 2 aromatic rings. The van der Waals surface area contributed by atoms with Crippen LogP contribution in [0.15, 0.2) is 36.4 Å². The van der Waals surface area contributed by atoms with Gasteiger partial charge in [-0.15, -0.1) is 0 Å². The Balaban J connectivity index is 2.27. The maximum absolute atomic E-state index is 13.2. The van der Waals surface area contributed by atoms with Crippen LogP contribution in [0.1, 0.15) is 29.7 Å². The number of rotatable bonds is 3. The molecule has 0 bridgehead atoms. The second-order valence-corrected chi connectivity index (χ2v) is 5.26. The van der Waals surface area contributed by atoms with Gasteiger partial charge >= 0.3 is 0 Å². The van der Waals surface area contributed by atoms with Crippen molar-refractivity contribution < 1.29 is 4.39 Å². The number of anilines is 1. The molecular formula is C16H17ClFN. The maximum Gasteiger partial charge on any atom is 0.125 e. The normalized spacial score (nSPS) is 12.3. The minimum Gasteiger partial charge on any atom is -0.377 e. The van der Waals surface area contributed by atoms with Gasteiger partial charge in [0.15, 0.2) is 0 Å². The number of benzene rings is 2. The van der Waals surface area contributed by atoms with Gasteiger partial charge in [0.2, 0.25) is 0 Å². The first-order valence-corrected chi connectivity index (χ1v) is 6.64. The average Bonchev–Trinajstić information content (AvgIpc) is 2.36. The Morgan fingerprint density at radius 1 is 1.11 bits per heavy atom. The molecule has 1 nitrogen and oxygen atoms in total. The Bertz CT molecular complexity index is 595. The molecule has 0 aromatic heterocycles. The van der Waals surface area contributed by atoms with Crippen molar-refractivity contribution in [3.63, 3.8) is 0 Å². The third kappa shape index (κ3) is 3.27. The quantitative estimate of drug-likeness (QED) is 0.806. The van der Waals surface area contributed by atoms with Crippen LogP contribution in [-0.4, -0.2) is 0 Å². The highest BCUT2D eigenvalue weighted by atomic mass is 35.5. The maximum atomic E-state index is 13.2. The highest BCUT2D eigenvalue weighted by Gasteiger charge is 2.11. The van der Waals surface area contributed by atoms with E-state index in [1.54, 1.807) is 6.07 Å². The molecule has 100 valence electrons. The molecule has 2 rings (SSSR count). The van der Waals surface area contributed by atoms with Crippen LogP contribution in [0.25, 0.3) is 0 Å². The molecule has 0 amide bonds. The molecule has 0 radical (unpaired) electrons. The van der Waals surface area contributed by atoms with Crippen LogP contribution < -0.4 is 5.32 Å². The third-order valence-corrected chi connectivity index (χ3v) is 3.53. The van der Waals surface area contributed by atoms with E-state index in [4.69, 9.17) is 11.6 Å². The summed E-state index contributed by atoms with van der Waals surface area (Å²) in [4.78, 5) is 0. The highest BCUT2D eigenvalue weighted by molar-refractivity contribution is 6.33. The van der Waals surface area contributed by atoms with Crippen LogP contribution in [0.3, 0.4) is 0 Å². The van der Waals surface area contributed by atoms with E-state index < -0.39 is 0 Å². The Labute approximate surface area is 118 Å². The van der Waals surface area contributed by atoms with Crippen molar-refractivity contribution in [3.05, 3.63) is 63.9 Å². The van der Waals surface area contributed by atoms with Crippen LogP contribution in [0.4, 0.5) is 10.1 Å². The number of hydrogen-bond acceptors (Lipinski definition) is 1. The predicted molar refractivity (Wildman–Crippen MR) is 79.4 cm³/mol. The van der Waals surface area contributed by atoms with Crippen LogP contribution in [-0.2, 0) is 0 Å². The summed E-state index contributed by atoms with van der Waals surface area (Å²) in [6, 6.07) is 10.7. The minimum absolute atomic E-state index is 0.0687. The minimum atomic E-state index is -0.292. The summed E-state index contributed by atoms with van der Waals surface area (Å²) in [5, 5.41) is 3.79. The number of hydrogen-bond donors (Lipinski definition) is 1. The van der Waals surface area contributed by atoms with Crippen molar-refractivity contribution in [2.45, 2.75) is 26.8 Å². The molecule has 0 saturated carbocycles. The second-order valence-electron chi connectivity index (χ2n) is 4.85. The standard InChI is InChI=1S/C16H17ClFN/c1-10-4-5-11(2)14(8-10)12(3)19-16-9-13(18)6-7-15(16)17/h4-9,12,19H,1-3H3. The lowest BCUT2D eigenvalue weighted by Gasteiger charge is -2.19. The van der Waals surface area contributed by atoms with Gasteiger partial charge in [-0.05, 0) is 50.1 Å². The van der Waals surface area contributed by atoms with E-state index in [1.165, 1.54) is 28.8 Å². The molecular weight excluding hydrogens is 261 g/mol. The van der Waals surface area contributed by atoms with Crippen molar-refractivity contribution in [2.24, 2.45) is 0 Å². The summed E-state index contributed by atoms with van der Waals surface area (Å²) in [5.74, 6) is -0.292. The van der Waals surface area contributed by atoms with Crippen molar-refractivity contribution in [3.8, 4) is 0 Å². The Kier molecular flexibility index (Phi) is 4.11. The van der Waals surface area contributed by atoms with Crippen molar-refractivity contribution in [1.29, 1.82) is 0 Å².